The molecule has 0 unspecified atom stereocenters. The number of rotatable bonds is 2. The molecule has 1 aromatic heterocycles. The molecule has 0 atom stereocenters. The van der Waals surface area contributed by atoms with Crippen LogP contribution in [0.2, 0.25) is 0 Å². The Bertz CT molecular complexity index is 384. The Kier molecular flexibility index (Phi) is 3.17. The number of aryl methyl sites for hydroxylation is 1. The molecular formula is C12H17N3O. The number of hydrogen-bond donors (Lipinski definition) is 0. The summed E-state index contributed by atoms with van der Waals surface area (Å²) in [5.41, 5.74) is 0.597. The van der Waals surface area contributed by atoms with E-state index in [-0.39, 0.29) is 0 Å². The van der Waals surface area contributed by atoms with Crippen molar-refractivity contribution in [3.05, 3.63) is 17.6 Å². The van der Waals surface area contributed by atoms with Gasteiger partial charge in [-0.15, -0.1) is 0 Å². The van der Waals surface area contributed by atoms with Crippen molar-refractivity contribution in [3.8, 4) is 0 Å². The third-order valence-electron chi connectivity index (χ3n) is 3.13. The molecular weight excluding hydrogens is 202 g/mol. The fourth-order valence-corrected chi connectivity index (χ4v) is 2.02. The third kappa shape index (κ3) is 2.21. The highest BCUT2D eigenvalue weighted by molar-refractivity contribution is 5.82. The van der Waals surface area contributed by atoms with Gasteiger partial charge in [0.2, 0.25) is 0 Å². The Labute approximate surface area is 95.7 Å². The number of carbonyl (C=O) groups is 1. The molecule has 0 saturated carbocycles. The lowest BCUT2D eigenvalue weighted by molar-refractivity contribution is 0.112. The van der Waals surface area contributed by atoms with Crippen molar-refractivity contribution in [1.29, 1.82) is 0 Å². The molecule has 0 spiro atoms. The van der Waals surface area contributed by atoms with E-state index in [1.54, 1.807) is 6.20 Å². The summed E-state index contributed by atoms with van der Waals surface area (Å²) in [6.45, 7) is 6.09. The molecule has 2 rings (SSSR count). The third-order valence-corrected chi connectivity index (χ3v) is 3.13. The Morgan fingerprint density at radius 1 is 1.44 bits per heavy atom. The molecule has 0 amide bonds. The largest absolute Gasteiger partial charge is 0.356 e. The molecule has 1 aliphatic heterocycles. The van der Waals surface area contributed by atoms with Crippen molar-refractivity contribution in [1.82, 2.24) is 9.97 Å². The highest BCUT2D eigenvalue weighted by Crippen LogP contribution is 2.23. The SMILES string of the molecule is Cc1ncc(C=O)c(N2CCC(C)CC2)n1. The number of hydrogen-bond acceptors (Lipinski definition) is 4. The zero-order chi connectivity index (χ0) is 11.5. The molecule has 86 valence electrons. The Balaban J connectivity index is 2.25. The topological polar surface area (TPSA) is 46.1 Å². The summed E-state index contributed by atoms with van der Waals surface area (Å²) in [7, 11) is 0. The minimum atomic E-state index is 0.597. The first-order valence-electron chi connectivity index (χ1n) is 5.74. The Hall–Kier alpha value is -1.45. The maximum Gasteiger partial charge on any atom is 0.155 e. The number of anilines is 1. The van der Waals surface area contributed by atoms with Gasteiger partial charge in [0, 0.05) is 19.3 Å². The summed E-state index contributed by atoms with van der Waals surface area (Å²) in [6, 6.07) is 0. The van der Waals surface area contributed by atoms with Crippen molar-refractivity contribution in [2.45, 2.75) is 26.7 Å². The maximum absolute atomic E-state index is 10.9. The van der Waals surface area contributed by atoms with Gasteiger partial charge >= 0.3 is 0 Å². The van der Waals surface area contributed by atoms with Gasteiger partial charge in [-0.1, -0.05) is 6.92 Å². The summed E-state index contributed by atoms with van der Waals surface area (Å²) < 4.78 is 0. The van der Waals surface area contributed by atoms with Crippen LogP contribution in [-0.4, -0.2) is 29.3 Å². The number of piperidine rings is 1. The lowest BCUT2D eigenvalue weighted by atomic mass is 9.99. The summed E-state index contributed by atoms with van der Waals surface area (Å²) >= 11 is 0. The molecule has 4 heteroatoms. The fourth-order valence-electron chi connectivity index (χ4n) is 2.02. The van der Waals surface area contributed by atoms with Crippen LogP contribution < -0.4 is 4.90 Å². The number of aromatic nitrogens is 2. The first-order chi connectivity index (χ1) is 7.70. The van der Waals surface area contributed by atoms with Crippen molar-refractivity contribution < 1.29 is 4.79 Å². The summed E-state index contributed by atoms with van der Waals surface area (Å²) in [5, 5.41) is 0. The quantitative estimate of drug-likeness (QED) is 0.712. The molecule has 4 nitrogen and oxygen atoms in total. The first kappa shape index (κ1) is 11.0. The molecule has 0 aromatic carbocycles. The maximum atomic E-state index is 10.9. The van der Waals surface area contributed by atoms with E-state index in [2.05, 4.69) is 21.8 Å². The minimum absolute atomic E-state index is 0.597. The van der Waals surface area contributed by atoms with Gasteiger partial charge in [0.1, 0.15) is 11.6 Å². The van der Waals surface area contributed by atoms with E-state index in [0.29, 0.717) is 5.56 Å². The Morgan fingerprint density at radius 2 is 2.12 bits per heavy atom. The number of aldehydes is 1. The zero-order valence-corrected chi connectivity index (χ0v) is 9.81. The predicted octanol–water partition coefficient (Wildman–Crippen LogP) is 1.83. The van der Waals surface area contributed by atoms with Crippen LogP contribution in [0.5, 0.6) is 0 Å². The fraction of sp³-hybridized carbons (Fsp3) is 0.583. The van der Waals surface area contributed by atoms with E-state index >= 15 is 0 Å². The summed E-state index contributed by atoms with van der Waals surface area (Å²) in [5.74, 6) is 2.30. The second kappa shape index (κ2) is 4.60. The molecule has 1 saturated heterocycles. The van der Waals surface area contributed by atoms with Crippen molar-refractivity contribution >= 4 is 12.1 Å². The van der Waals surface area contributed by atoms with Crippen molar-refractivity contribution in [3.63, 3.8) is 0 Å². The summed E-state index contributed by atoms with van der Waals surface area (Å²) in [4.78, 5) is 21.6. The van der Waals surface area contributed by atoms with Crippen LogP contribution >= 0.6 is 0 Å². The van der Waals surface area contributed by atoms with Crippen LogP contribution in [0, 0.1) is 12.8 Å². The van der Waals surface area contributed by atoms with E-state index in [0.717, 1.165) is 36.9 Å². The molecule has 1 fully saturated rings. The van der Waals surface area contributed by atoms with Gasteiger partial charge in [-0.25, -0.2) is 9.97 Å². The van der Waals surface area contributed by atoms with Gasteiger partial charge in [0.15, 0.2) is 6.29 Å². The average molecular weight is 219 g/mol. The van der Waals surface area contributed by atoms with E-state index < -0.39 is 0 Å². The molecule has 1 aliphatic rings. The van der Waals surface area contributed by atoms with Gasteiger partial charge in [-0.3, -0.25) is 4.79 Å². The highest BCUT2D eigenvalue weighted by Gasteiger charge is 2.19. The smallest absolute Gasteiger partial charge is 0.155 e. The molecule has 0 radical (unpaired) electrons. The Morgan fingerprint density at radius 3 is 2.75 bits per heavy atom. The summed E-state index contributed by atoms with van der Waals surface area (Å²) in [6.07, 6.45) is 4.79. The zero-order valence-electron chi connectivity index (χ0n) is 9.81. The van der Waals surface area contributed by atoms with Crippen LogP contribution in [0.15, 0.2) is 6.20 Å². The van der Waals surface area contributed by atoms with Gasteiger partial charge in [0.25, 0.3) is 0 Å². The van der Waals surface area contributed by atoms with Crippen molar-refractivity contribution in [2.75, 3.05) is 18.0 Å². The lowest BCUT2D eigenvalue weighted by Gasteiger charge is -2.31. The highest BCUT2D eigenvalue weighted by atomic mass is 16.1. The number of nitrogens with zero attached hydrogens (tertiary/aromatic N) is 3. The average Bonchev–Trinajstić information content (AvgIpc) is 2.30. The van der Waals surface area contributed by atoms with Crippen molar-refractivity contribution in [2.24, 2.45) is 5.92 Å². The molecule has 0 bridgehead atoms. The molecule has 0 aliphatic carbocycles. The van der Waals surface area contributed by atoms with E-state index in [9.17, 15) is 4.79 Å². The van der Waals surface area contributed by atoms with E-state index in [1.165, 1.54) is 12.8 Å². The number of carbonyl (C=O) groups excluding carboxylic acids is 1. The predicted molar refractivity (Wildman–Crippen MR) is 62.8 cm³/mol. The molecule has 0 N–H and O–H groups in total. The first-order valence-corrected chi connectivity index (χ1v) is 5.74. The van der Waals surface area contributed by atoms with Crippen LogP contribution in [0.3, 0.4) is 0 Å². The lowest BCUT2D eigenvalue weighted by Crippen LogP contribution is -2.34. The van der Waals surface area contributed by atoms with Gasteiger partial charge in [-0.05, 0) is 25.7 Å². The van der Waals surface area contributed by atoms with E-state index in [4.69, 9.17) is 0 Å². The van der Waals surface area contributed by atoms with Gasteiger partial charge in [-0.2, -0.15) is 0 Å². The second-order valence-corrected chi connectivity index (χ2v) is 4.48. The van der Waals surface area contributed by atoms with Crippen LogP contribution in [0.4, 0.5) is 5.82 Å². The second-order valence-electron chi connectivity index (χ2n) is 4.48. The molecule has 2 heterocycles. The molecule has 16 heavy (non-hydrogen) atoms. The van der Waals surface area contributed by atoms with Crippen LogP contribution in [0.1, 0.15) is 35.9 Å². The minimum Gasteiger partial charge on any atom is -0.356 e. The molecule has 1 aromatic rings. The normalized spacial score (nSPS) is 17.5. The van der Waals surface area contributed by atoms with Gasteiger partial charge in [0.05, 0.1) is 5.56 Å². The van der Waals surface area contributed by atoms with Crippen LogP contribution in [0.25, 0.3) is 0 Å². The van der Waals surface area contributed by atoms with Gasteiger partial charge < -0.3 is 4.90 Å². The van der Waals surface area contributed by atoms with E-state index in [1.807, 2.05) is 6.92 Å². The monoisotopic (exact) mass is 219 g/mol. The standard InChI is InChI=1S/C12H17N3O/c1-9-3-5-15(6-4-9)12-11(8-16)7-13-10(2)14-12/h7-9H,3-6H2,1-2H3. The van der Waals surface area contributed by atoms with Crippen LogP contribution in [-0.2, 0) is 0 Å².